The summed E-state index contributed by atoms with van der Waals surface area (Å²) in [6.45, 7) is 5.20. The molecule has 0 fully saturated rings. The fraction of sp³-hybridized carbons (Fsp3) is 0.500. The molecule has 0 aromatic heterocycles. The molecule has 0 spiro atoms. The van der Waals surface area contributed by atoms with E-state index in [1.165, 1.54) is 0 Å². The van der Waals surface area contributed by atoms with Crippen LogP contribution in [0.2, 0.25) is 5.02 Å². The number of carbonyl (C=O) groups is 1. The van der Waals surface area contributed by atoms with Crippen LogP contribution in [0.4, 0.5) is 0 Å². The Morgan fingerprint density at radius 3 is 2.89 bits per heavy atom. The van der Waals surface area contributed by atoms with Crippen LogP contribution < -0.4 is 10.6 Å². The van der Waals surface area contributed by atoms with Crippen LogP contribution in [0.25, 0.3) is 0 Å². The van der Waals surface area contributed by atoms with E-state index in [9.17, 15) is 4.79 Å². The van der Waals surface area contributed by atoms with Crippen LogP contribution in [-0.4, -0.2) is 19.0 Å². The van der Waals surface area contributed by atoms with Crippen LogP contribution in [0.5, 0.6) is 0 Å². The maximum absolute atomic E-state index is 11.5. The third-order valence-corrected chi connectivity index (χ3v) is 3.01. The fourth-order valence-corrected chi connectivity index (χ4v) is 1.81. The Morgan fingerprint density at radius 2 is 2.22 bits per heavy atom. The fourth-order valence-electron chi connectivity index (χ4n) is 1.61. The number of unbranched alkanes of at least 4 members (excludes halogenated alkanes) is 1. The summed E-state index contributed by atoms with van der Waals surface area (Å²) in [6, 6.07) is 7.78. The number of carbonyl (C=O) groups excluding carboxylic acids is 1. The van der Waals surface area contributed by atoms with Crippen molar-refractivity contribution >= 4 is 17.5 Å². The molecule has 0 radical (unpaired) electrons. The van der Waals surface area contributed by atoms with Gasteiger partial charge in [0.2, 0.25) is 5.91 Å². The number of hydrogen-bond donors (Lipinski definition) is 2. The van der Waals surface area contributed by atoms with Crippen molar-refractivity contribution in [1.29, 1.82) is 0 Å². The summed E-state index contributed by atoms with van der Waals surface area (Å²) in [5.74, 6) is 0.0392. The van der Waals surface area contributed by atoms with E-state index in [-0.39, 0.29) is 11.9 Å². The third kappa shape index (κ3) is 5.52. The number of benzene rings is 1. The van der Waals surface area contributed by atoms with E-state index < -0.39 is 0 Å². The number of halogens is 1. The minimum absolute atomic E-state index is 0.0392. The van der Waals surface area contributed by atoms with Gasteiger partial charge in [-0.15, -0.1) is 0 Å². The van der Waals surface area contributed by atoms with Crippen molar-refractivity contribution in [3.05, 3.63) is 34.9 Å². The Labute approximate surface area is 114 Å². The molecular weight excluding hydrogens is 248 g/mol. The molecule has 0 unspecified atom stereocenters. The van der Waals surface area contributed by atoms with Gasteiger partial charge in [-0.3, -0.25) is 4.79 Å². The van der Waals surface area contributed by atoms with Gasteiger partial charge in [0.1, 0.15) is 0 Å². The molecule has 1 aromatic rings. The molecule has 3 nitrogen and oxygen atoms in total. The topological polar surface area (TPSA) is 41.1 Å². The lowest BCUT2D eigenvalue weighted by atomic mass is 10.1. The quantitative estimate of drug-likeness (QED) is 0.747. The standard InChI is InChI=1S/C14H21ClN2O/c1-3-4-8-16-14(18)10-17-11(2)12-6-5-7-13(15)9-12/h5-7,9,11,17H,3-4,8,10H2,1-2H3,(H,16,18)/t11-/m0/s1. The monoisotopic (exact) mass is 268 g/mol. The molecule has 100 valence electrons. The smallest absolute Gasteiger partial charge is 0.233 e. The first-order chi connectivity index (χ1) is 8.63. The Morgan fingerprint density at radius 1 is 1.44 bits per heavy atom. The van der Waals surface area contributed by atoms with Crippen LogP contribution in [0.1, 0.15) is 38.3 Å². The highest BCUT2D eigenvalue weighted by Crippen LogP contribution is 2.16. The molecule has 2 N–H and O–H groups in total. The van der Waals surface area contributed by atoms with Crippen molar-refractivity contribution in [2.24, 2.45) is 0 Å². The predicted molar refractivity (Wildman–Crippen MR) is 75.8 cm³/mol. The highest BCUT2D eigenvalue weighted by Gasteiger charge is 2.07. The molecule has 0 saturated heterocycles. The highest BCUT2D eigenvalue weighted by molar-refractivity contribution is 6.30. The van der Waals surface area contributed by atoms with Crippen molar-refractivity contribution < 1.29 is 4.79 Å². The van der Waals surface area contributed by atoms with Gasteiger partial charge in [0.25, 0.3) is 0 Å². The molecule has 0 aliphatic rings. The summed E-state index contributed by atoms with van der Waals surface area (Å²) in [6.07, 6.45) is 2.11. The summed E-state index contributed by atoms with van der Waals surface area (Å²) in [5, 5.41) is 6.77. The van der Waals surface area contributed by atoms with Crippen LogP contribution in [0, 0.1) is 0 Å². The van der Waals surface area contributed by atoms with Crippen molar-refractivity contribution in [3.8, 4) is 0 Å². The Bertz CT molecular complexity index is 382. The first-order valence-corrected chi connectivity index (χ1v) is 6.76. The molecule has 1 atom stereocenters. The van der Waals surface area contributed by atoms with Gasteiger partial charge in [-0.25, -0.2) is 0 Å². The molecule has 0 aliphatic heterocycles. The number of amides is 1. The van der Waals surface area contributed by atoms with Crippen LogP contribution >= 0.6 is 11.6 Å². The van der Waals surface area contributed by atoms with E-state index in [0.717, 1.165) is 24.9 Å². The van der Waals surface area contributed by atoms with Gasteiger partial charge in [-0.1, -0.05) is 37.1 Å². The second-order valence-corrected chi connectivity index (χ2v) is 4.80. The van der Waals surface area contributed by atoms with Crippen LogP contribution in [0.3, 0.4) is 0 Å². The lowest BCUT2D eigenvalue weighted by Gasteiger charge is -2.14. The average Bonchev–Trinajstić information content (AvgIpc) is 2.36. The second-order valence-electron chi connectivity index (χ2n) is 4.36. The maximum Gasteiger partial charge on any atom is 0.233 e. The molecule has 1 rings (SSSR count). The van der Waals surface area contributed by atoms with Gasteiger partial charge in [0.05, 0.1) is 6.54 Å². The largest absolute Gasteiger partial charge is 0.355 e. The Kier molecular flexibility index (Phi) is 6.76. The minimum atomic E-state index is 0.0392. The average molecular weight is 269 g/mol. The summed E-state index contributed by atoms with van der Waals surface area (Å²) >= 11 is 5.93. The summed E-state index contributed by atoms with van der Waals surface area (Å²) < 4.78 is 0. The molecule has 0 heterocycles. The van der Waals surface area contributed by atoms with Gasteiger partial charge in [-0.05, 0) is 31.0 Å². The third-order valence-electron chi connectivity index (χ3n) is 2.77. The number of rotatable bonds is 7. The van der Waals surface area contributed by atoms with Gasteiger partial charge < -0.3 is 10.6 Å². The first kappa shape index (κ1) is 15.0. The van der Waals surface area contributed by atoms with E-state index >= 15 is 0 Å². The Hall–Kier alpha value is -1.06. The number of nitrogens with one attached hydrogen (secondary N) is 2. The predicted octanol–water partition coefficient (Wildman–Crippen LogP) is 2.91. The normalized spacial score (nSPS) is 12.2. The number of hydrogen-bond acceptors (Lipinski definition) is 2. The van der Waals surface area contributed by atoms with E-state index in [4.69, 9.17) is 11.6 Å². The van der Waals surface area contributed by atoms with Gasteiger partial charge in [0.15, 0.2) is 0 Å². The van der Waals surface area contributed by atoms with E-state index in [2.05, 4.69) is 17.6 Å². The summed E-state index contributed by atoms with van der Waals surface area (Å²) in [5.41, 5.74) is 1.09. The zero-order valence-electron chi connectivity index (χ0n) is 11.0. The van der Waals surface area contributed by atoms with Crippen molar-refractivity contribution in [2.45, 2.75) is 32.7 Å². The minimum Gasteiger partial charge on any atom is -0.355 e. The van der Waals surface area contributed by atoms with Gasteiger partial charge >= 0.3 is 0 Å². The van der Waals surface area contributed by atoms with Crippen molar-refractivity contribution in [1.82, 2.24) is 10.6 Å². The molecule has 4 heteroatoms. The SMILES string of the molecule is CCCCNC(=O)CN[C@@H](C)c1cccc(Cl)c1. The molecule has 0 bridgehead atoms. The molecule has 1 aromatic carbocycles. The van der Waals surface area contributed by atoms with Gasteiger partial charge in [0, 0.05) is 17.6 Å². The lowest BCUT2D eigenvalue weighted by molar-refractivity contribution is -0.120. The molecule has 1 amide bonds. The molecule has 0 saturated carbocycles. The first-order valence-electron chi connectivity index (χ1n) is 6.39. The molecule has 0 aliphatic carbocycles. The highest BCUT2D eigenvalue weighted by atomic mass is 35.5. The maximum atomic E-state index is 11.5. The molecular formula is C14H21ClN2O. The summed E-state index contributed by atoms with van der Waals surface area (Å²) in [7, 11) is 0. The Balaban J connectivity index is 2.32. The van der Waals surface area contributed by atoms with E-state index in [0.29, 0.717) is 11.6 Å². The second kappa shape index (κ2) is 8.11. The molecule has 18 heavy (non-hydrogen) atoms. The van der Waals surface area contributed by atoms with Gasteiger partial charge in [-0.2, -0.15) is 0 Å². The lowest BCUT2D eigenvalue weighted by Crippen LogP contribution is -2.35. The van der Waals surface area contributed by atoms with E-state index in [1.54, 1.807) is 0 Å². The van der Waals surface area contributed by atoms with E-state index in [1.807, 2.05) is 31.2 Å². The zero-order valence-corrected chi connectivity index (χ0v) is 11.8. The zero-order chi connectivity index (χ0) is 13.4. The van der Waals surface area contributed by atoms with Crippen LogP contribution in [0.15, 0.2) is 24.3 Å². The summed E-state index contributed by atoms with van der Waals surface area (Å²) in [4.78, 5) is 11.5. The van der Waals surface area contributed by atoms with Crippen molar-refractivity contribution in [3.63, 3.8) is 0 Å². The van der Waals surface area contributed by atoms with Crippen LogP contribution in [-0.2, 0) is 4.79 Å². The van der Waals surface area contributed by atoms with Crippen molar-refractivity contribution in [2.75, 3.05) is 13.1 Å².